The molecular weight excluding hydrogens is 322 g/mol. The summed E-state index contributed by atoms with van der Waals surface area (Å²) in [7, 11) is 0. The van der Waals surface area contributed by atoms with E-state index in [4.69, 9.17) is 11.6 Å². The first kappa shape index (κ1) is 14.2. The number of nitrogens with zero attached hydrogens (tertiary/aromatic N) is 1. The Hall–Kier alpha value is -1.75. The molecule has 0 aliphatic heterocycles. The predicted octanol–water partition coefficient (Wildman–Crippen LogP) is 5.42. The first-order chi connectivity index (χ1) is 10.2. The van der Waals surface area contributed by atoms with E-state index in [-0.39, 0.29) is 5.78 Å². The number of benzene rings is 1. The highest BCUT2D eigenvalue weighted by atomic mass is 35.5. The van der Waals surface area contributed by atoms with E-state index in [9.17, 15) is 4.79 Å². The van der Waals surface area contributed by atoms with Gasteiger partial charge in [-0.2, -0.15) is 0 Å². The smallest absolute Gasteiger partial charge is 0.185 e. The number of ketones is 1. The molecule has 0 aliphatic carbocycles. The van der Waals surface area contributed by atoms with Crippen molar-refractivity contribution in [2.45, 2.75) is 0 Å². The summed E-state index contributed by atoms with van der Waals surface area (Å²) in [6.07, 6.45) is 3.26. The Morgan fingerprint density at radius 3 is 2.86 bits per heavy atom. The fourth-order valence-electron chi connectivity index (χ4n) is 1.78. The van der Waals surface area contributed by atoms with Crippen molar-refractivity contribution in [3.8, 4) is 9.88 Å². The molecule has 0 radical (unpaired) electrons. The van der Waals surface area contributed by atoms with Gasteiger partial charge in [-0.25, -0.2) is 4.98 Å². The zero-order chi connectivity index (χ0) is 14.7. The quantitative estimate of drug-likeness (QED) is 0.472. The molecule has 0 saturated heterocycles. The van der Waals surface area contributed by atoms with Gasteiger partial charge in [0, 0.05) is 16.0 Å². The molecule has 1 aromatic carbocycles. The SMILES string of the molecule is O=C(C=Cc1csc(-c2cccs2)n1)c1cccc(Cl)c1. The van der Waals surface area contributed by atoms with Crippen molar-refractivity contribution in [1.82, 2.24) is 4.98 Å². The first-order valence-electron chi connectivity index (χ1n) is 6.20. The molecule has 0 atom stereocenters. The van der Waals surface area contributed by atoms with Gasteiger partial charge in [0.05, 0.1) is 10.6 Å². The van der Waals surface area contributed by atoms with Crippen LogP contribution in [0.4, 0.5) is 0 Å². The lowest BCUT2D eigenvalue weighted by atomic mass is 10.1. The van der Waals surface area contributed by atoms with E-state index in [2.05, 4.69) is 4.98 Å². The Labute approximate surface area is 135 Å². The molecule has 21 heavy (non-hydrogen) atoms. The average Bonchev–Trinajstić information content (AvgIpc) is 3.15. The molecule has 0 spiro atoms. The number of thiazole rings is 1. The first-order valence-corrected chi connectivity index (χ1v) is 8.33. The van der Waals surface area contributed by atoms with Crippen LogP contribution in [0.3, 0.4) is 0 Å². The van der Waals surface area contributed by atoms with Crippen LogP contribution < -0.4 is 0 Å². The Bertz CT molecular complexity index is 790. The molecule has 0 saturated carbocycles. The van der Waals surface area contributed by atoms with Crippen molar-refractivity contribution < 1.29 is 4.79 Å². The van der Waals surface area contributed by atoms with Crippen LogP contribution in [0.5, 0.6) is 0 Å². The molecule has 2 heterocycles. The minimum atomic E-state index is -0.0804. The van der Waals surface area contributed by atoms with Gasteiger partial charge in [-0.15, -0.1) is 22.7 Å². The third-order valence-electron chi connectivity index (χ3n) is 2.77. The number of halogens is 1. The van der Waals surface area contributed by atoms with E-state index < -0.39 is 0 Å². The average molecular weight is 332 g/mol. The molecule has 0 fully saturated rings. The predicted molar refractivity (Wildman–Crippen MR) is 90.2 cm³/mol. The van der Waals surface area contributed by atoms with Crippen LogP contribution in [-0.4, -0.2) is 10.8 Å². The van der Waals surface area contributed by atoms with E-state index in [1.807, 2.05) is 22.9 Å². The molecular formula is C16H10ClNOS2. The molecule has 2 nitrogen and oxygen atoms in total. The Morgan fingerprint density at radius 1 is 1.19 bits per heavy atom. The third kappa shape index (κ3) is 3.47. The van der Waals surface area contributed by atoms with Gasteiger partial charge in [0.25, 0.3) is 0 Å². The normalized spacial score (nSPS) is 11.1. The highest BCUT2D eigenvalue weighted by Crippen LogP contribution is 2.28. The monoisotopic (exact) mass is 331 g/mol. The summed E-state index contributed by atoms with van der Waals surface area (Å²) < 4.78 is 0. The number of allylic oxidation sites excluding steroid dienone is 1. The maximum absolute atomic E-state index is 12.0. The summed E-state index contributed by atoms with van der Waals surface area (Å²) in [5.41, 5.74) is 1.37. The maximum atomic E-state index is 12.0. The van der Waals surface area contributed by atoms with Crippen LogP contribution in [0.15, 0.2) is 53.2 Å². The van der Waals surface area contributed by atoms with E-state index in [1.54, 1.807) is 53.0 Å². The van der Waals surface area contributed by atoms with Gasteiger partial charge >= 0.3 is 0 Å². The molecule has 3 rings (SSSR count). The summed E-state index contributed by atoms with van der Waals surface area (Å²) >= 11 is 9.11. The van der Waals surface area contributed by atoms with Gasteiger partial charge in [-0.1, -0.05) is 29.8 Å². The van der Waals surface area contributed by atoms with Crippen LogP contribution in [0.2, 0.25) is 5.02 Å². The van der Waals surface area contributed by atoms with Crippen molar-refractivity contribution >= 4 is 46.1 Å². The van der Waals surface area contributed by atoms with E-state index in [0.717, 1.165) is 15.6 Å². The number of carbonyl (C=O) groups excluding carboxylic acids is 1. The lowest BCUT2D eigenvalue weighted by Gasteiger charge is -1.95. The lowest BCUT2D eigenvalue weighted by molar-refractivity contribution is 0.104. The summed E-state index contributed by atoms with van der Waals surface area (Å²) in [5, 5.41) is 5.49. The second-order valence-corrected chi connectivity index (χ2v) is 6.50. The van der Waals surface area contributed by atoms with E-state index >= 15 is 0 Å². The van der Waals surface area contributed by atoms with Crippen molar-refractivity contribution in [3.63, 3.8) is 0 Å². The van der Waals surface area contributed by atoms with E-state index in [1.165, 1.54) is 6.08 Å². The Balaban J connectivity index is 1.76. The Kier molecular flexibility index (Phi) is 4.29. The standard InChI is InChI=1S/C16H10ClNOS2/c17-12-4-1-3-11(9-12)14(19)7-6-13-10-21-16(18-13)15-5-2-8-20-15/h1-10H. The highest BCUT2D eigenvalue weighted by molar-refractivity contribution is 7.20. The van der Waals surface area contributed by atoms with Crippen molar-refractivity contribution in [2.24, 2.45) is 0 Å². The number of aromatic nitrogens is 1. The summed E-state index contributed by atoms with van der Waals surface area (Å²) in [6.45, 7) is 0. The number of thiophene rings is 1. The van der Waals surface area contributed by atoms with E-state index in [0.29, 0.717) is 10.6 Å². The largest absolute Gasteiger partial charge is 0.289 e. The number of hydrogen-bond donors (Lipinski definition) is 0. The molecule has 104 valence electrons. The van der Waals surface area contributed by atoms with Gasteiger partial charge in [0.15, 0.2) is 5.78 Å². The third-order valence-corrected chi connectivity index (χ3v) is 4.90. The van der Waals surface area contributed by atoms with Gasteiger partial charge in [-0.3, -0.25) is 4.79 Å². The molecule has 0 amide bonds. The van der Waals surface area contributed by atoms with Gasteiger partial charge in [0.2, 0.25) is 0 Å². The van der Waals surface area contributed by atoms with Crippen molar-refractivity contribution in [1.29, 1.82) is 0 Å². The van der Waals surface area contributed by atoms with Gasteiger partial charge in [-0.05, 0) is 35.7 Å². The van der Waals surface area contributed by atoms with Crippen LogP contribution in [-0.2, 0) is 0 Å². The van der Waals surface area contributed by atoms with Gasteiger partial charge < -0.3 is 0 Å². The highest BCUT2D eigenvalue weighted by Gasteiger charge is 2.05. The number of carbonyl (C=O) groups is 1. The van der Waals surface area contributed by atoms with Crippen LogP contribution >= 0.6 is 34.3 Å². The zero-order valence-electron chi connectivity index (χ0n) is 10.8. The molecule has 0 unspecified atom stereocenters. The van der Waals surface area contributed by atoms with Crippen LogP contribution in [0.1, 0.15) is 16.1 Å². The van der Waals surface area contributed by atoms with Crippen molar-refractivity contribution in [2.75, 3.05) is 0 Å². The minimum Gasteiger partial charge on any atom is -0.289 e. The zero-order valence-corrected chi connectivity index (χ0v) is 13.2. The Morgan fingerprint density at radius 2 is 2.10 bits per heavy atom. The van der Waals surface area contributed by atoms with Crippen molar-refractivity contribution in [3.05, 3.63) is 69.5 Å². The molecule has 3 aromatic rings. The maximum Gasteiger partial charge on any atom is 0.185 e. The molecule has 5 heteroatoms. The fraction of sp³-hybridized carbons (Fsp3) is 0. The second-order valence-electron chi connectivity index (χ2n) is 4.26. The molecule has 0 bridgehead atoms. The van der Waals surface area contributed by atoms with Crippen LogP contribution in [0, 0.1) is 0 Å². The summed E-state index contributed by atoms with van der Waals surface area (Å²) in [6, 6.07) is 11.0. The molecule has 2 aromatic heterocycles. The minimum absolute atomic E-state index is 0.0804. The lowest BCUT2D eigenvalue weighted by Crippen LogP contribution is -1.93. The number of rotatable bonds is 4. The van der Waals surface area contributed by atoms with Gasteiger partial charge in [0.1, 0.15) is 5.01 Å². The second kappa shape index (κ2) is 6.35. The van der Waals surface area contributed by atoms with Crippen LogP contribution in [0.25, 0.3) is 16.0 Å². The summed E-state index contributed by atoms with van der Waals surface area (Å²) in [4.78, 5) is 17.7. The topological polar surface area (TPSA) is 30.0 Å². The molecule has 0 aliphatic rings. The molecule has 0 N–H and O–H groups in total. The number of hydrogen-bond acceptors (Lipinski definition) is 4. The summed E-state index contributed by atoms with van der Waals surface area (Å²) in [5.74, 6) is -0.0804. The fourth-order valence-corrected chi connectivity index (χ4v) is 3.57.